The van der Waals surface area contributed by atoms with Gasteiger partial charge < -0.3 is 18.9 Å². The van der Waals surface area contributed by atoms with Crippen LogP contribution in [0.15, 0.2) is 42.7 Å². The molecule has 0 spiro atoms. The lowest BCUT2D eigenvalue weighted by molar-refractivity contribution is -0.140. The van der Waals surface area contributed by atoms with Crippen LogP contribution in [0.1, 0.15) is 11.3 Å². The SMILES string of the molecule is COCc1cc(-c2cccc(C)c2)nn1-c1cc(N2CCOCC2)c2ncn(CC(F)(F)F)c2n1. The van der Waals surface area contributed by atoms with Gasteiger partial charge in [0.05, 0.1) is 43.2 Å². The van der Waals surface area contributed by atoms with Crippen LogP contribution in [0.2, 0.25) is 0 Å². The van der Waals surface area contributed by atoms with Crippen LogP contribution in [-0.2, 0) is 22.6 Å². The maximum atomic E-state index is 13.3. The van der Waals surface area contributed by atoms with E-state index in [-0.39, 0.29) is 12.3 Å². The molecule has 4 heterocycles. The Morgan fingerprint density at radius 1 is 1.11 bits per heavy atom. The van der Waals surface area contributed by atoms with Gasteiger partial charge in [-0.15, -0.1) is 0 Å². The van der Waals surface area contributed by atoms with Crippen molar-refractivity contribution < 1.29 is 22.6 Å². The molecule has 4 aromatic rings. The molecule has 0 atom stereocenters. The summed E-state index contributed by atoms with van der Waals surface area (Å²) in [7, 11) is 1.58. The maximum Gasteiger partial charge on any atom is 0.406 e. The van der Waals surface area contributed by atoms with E-state index in [1.807, 2.05) is 43.3 Å². The molecule has 8 nitrogen and oxygen atoms in total. The Kier molecular flexibility index (Phi) is 6.20. The van der Waals surface area contributed by atoms with E-state index in [0.29, 0.717) is 43.3 Å². The number of rotatable bonds is 6. The second kappa shape index (κ2) is 9.31. The Morgan fingerprint density at radius 3 is 2.63 bits per heavy atom. The first-order valence-electron chi connectivity index (χ1n) is 11.2. The monoisotopic (exact) mass is 486 g/mol. The van der Waals surface area contributed by atoms with Gasteiger partial charge in [-0.3, -0.25) is 0 Å². The highest BCUT2D eigenvalue weighted by Gasteiger charge is 2.30. The Balaban J connectivity index is 1.68. The van der Waals surface area contributed by atoms with Crippen LogP contribution in [0.25, 0.3) is 28.2 Å². The van der Waals surface area contributed by atoms with Crippen molar-refractivity contribution in [1.82, 2.24) is 24.3 Å². The van der Waals surface area contributed by atoms with Gasteiger partial charge >= 0.3 is 6.18 Å². The minimum absolute atomic E-state index is 0.150. The summed E-state index contributed by atoms with van der Waals surface area (Å²) in [6.07, 6.45) is -3.22. The van der Waals surface area contributed by atoms with Gasteiger partial charge in [0, 0.05) is 31.8 Å². The molecule has 0 N–H and O–H groups in total. The number of hydrogen-bond acceptors (Lipinski definition) is 6. The number of hydrogen-bond donors (Lipinski definition) is 0. The minimum atomic E-state index is -4.41. The number of fused-ring (bicyclic) bond motifs is 1. The largest absolute Gasteiger partial charge is 0.406 e. The average Bonchev–Trinajstić information content (AvgIpc) is 3.43. The number of alkyl halides is 3. The van der Waals surface area contributed by atoms with E-state index in [1.165, 1.54) is 6.33 Å². The summed E-state index contributed by atoms with van der Waals surface area (Å²) in [6, 6.07) is 11.7. The zero-order valence-electron chi connectivity index (χ0n) is 19.4. The molecule has 0 unspecified atom stereocenters. The summed E-state index contributed by atoms with van der Waals surface area (Å²) in [4.78, 5) is 11.0. The highest BCUT2D eigenvalue weighted by molar-refractivity contribution is 5.87. The predicted octanol–water partition coefficient (Wildman–Crippen LogP) is 4.14. The molecule has 1 fully saturated rings. The highest BCUT2D eigenvalue weighted by atomic mass is 19.4. The minimum Gasteiger partial charge on any atom is -0.378 e. The van der Waals surface area contributed by atoms with E-state index in [0.717, 1.165) is 27.1 Å². The normalized spacial score (nSPS) is 14.7. The van der Waals surface area contributed by atoms with E-state index < -0.39 is 12.7 Å². The fourth-order valence-electron chi connectivity index (χ4n) is 4.28. The molecule has 1 aliphatic rings. The zero-order chi connectivity index (χ0) is 24.6. The van der Waals surface area contributed by atoms with Gasteiger partial charge in [-0.1, -0.05) is 23.8 Å². The summed E-state index contributed by atoms with van der Waals surface area (Å²) >= 11 is 0. The standard InChI is InChI=1S/C24H25F3N6O2/c1-16-4-3-5-17(10-16)19-11-18(13-34-2)33(30-19)21-12-20(31-6-8-35-9-7-31)22-23(29-21)32(15-28-22)14-24(25,26)27/h3-5,10-12,15H,6-9,13-14H2,1-2H3. The zero-order valence-corrected chi connectivity index (χ0v) is 19.4. The van der Waals surface area contributed by atoms with Crippen molar-refractivity contribution in [3.8, 4) is 17.1 Å². The van der Waals surface area contributed by atoms with E-state index >= 15 is 0 Å². The Labute approximate surface area is 199 Å². The number of aryl methyl sites for hydroxylation is 1. The molecule has 1 aliphatic heterocycles. The molecule has 0 radical (unpaired) electrons. The first-order valence-corrected chi connectivity index (χ1v) is 11.2. The van der Waals surface area contributed by atoms with Gasteiger partial charge in [0.2, 0.25) is 0 Å². The molecule has 35 heavy (non-hydrogen) atoms. The van der Waals surface area contributed by atoms with Crippen molar-refractivity contribution in [2.75, 3.05) is 38.3 Å². The molecule has 1 aromatic carbocycles. The quantitative estimate of drug-likeness (QED) is 0.408. The third kappa shape index (κ3) is 4.87. The molecule has 0 amide bonds. The van der Waals surface area contributed by atoms with Gasteiger partial charge in [0.25, 0.3) is 0 Å². The van der Waals surface area contributed by atoms with E-state index in [9.17, 15) is 13.2 Å². The van der Waals surface area contributed by atoms with Crippen LogP contribution in [0.3, 0.4) is 0 Å². The molecule has 0 saturated carbocycles. The summed E-state index contributed by atoms with van der Waals surface area (Å²) < 4.78 is 53.4. The lowest BCUT2D eigenvalue weighted by atomic mass is 10.1. The number of nitrogens with zero attached hydrogens (tertiary/aromatic N) is 6. The fraction of sp³-hybridized carbons (Fsp3) is 0.375. The molecule has 1 saturated heterocycles. The molecule has 0 bridgehead atoms. The average molecular weight is 486 g/mol. The summed E-state index contributed by atoms with van der Waals surface area (Å²) in [6.45, 7) is 3.33. The van der Waals surface area contributed by atoms with Gasteiger partial charge in [-0.25, -0.2) is 14.6 Å². The number of methoxy groups -OCH3 is 1. The topological polar surface area (TPSA) is 70.2 Å². The first-order chi connectivity index (χ1) is 16.8. The van der Waals surface area contributed by atoms with Gasteiger partial charge in [0.1, 0.15) is 12.1 Å². The number of benzene rings is 1. The maximum absolute atomic E-state index is 13.3. The van der Waals surface area contributed by atoms with Crippen LogP contribution < -0.4 is 4.90 Å². The second-order valence-electron chi connectivity index (χ2n) is 8.49. The third-order valence-electron chi connectivity index (χ3n) is 5.85. The summed E-state index contributed by atoms with van der Waals surface area (Å²) in [5.74, 6) is 0.397. The highest BCUT2D eigenvalue weighted by Crippen LogP contribution is 2.31. The lowest BCUT2D eigenvalue weighted by Gasteiger charge is -2.29. The molecule has 184 valence electrons. The smallest absolute Gasteiger partial charge is 0.378 e. The second-order valence-corrected chi connectivity index (χ2v) is 8.49. The van der Waals surface area contributed by atoms with Crippen LogP contribution in [0, 0.1) is 6.92 Å². The van der Waals surface area contributed by atoms with Crippen LogP contribution in [0.5, 0.6) is 0 Å². The third-order valence-corrected chi connectivity index (χ3v) is 5.85. The number of pyridine rings is 1. The first kappa shape index (κ1) is 23.3. The Hall–Kier alpha value is -3.44. The number of halogens is 3. The molecule has 11 heteroatoms. The van der Waals surface area contributed by atoms with Crippen molar-refractivity contribution in [3.63, 3.8) is 0 Å². The molecule has 0 aliphatic carbocycles. The number of ether oxygens (including phenoxy) is 2. The fourth-order valence-corrected chi connectivity index (χ4v) is 4.28. The van der Waals surface area contributed by atoms with Crippen LogP contribution >= 0.6 is 0 Å². The number of imidazole rings is 1. The molecule has 3 aromatic heterocycles. The van der Waals surface area contributed by atoms with Crippen molar-refractivity contribution in [3.05, 3.63) is 54.0 Å². The van der Waals surface area contributed by atoms with Crippen molar-refractivity contribution in [2.24, 2.45) is 0 Å². The number of aromatic nitrogens is 5. The lowest BCUT2D eigenvalue weighted by Crippen LogP contribution is -2.36. The van der Waals surface area contributed by atoms with Crippen molar-refractivity contribution in [1.29, 1.82) is 0 Å². The van der Waals surface area contributed by atoms with E-state index in [1.54, 1.807) is 11.8 Å². The van der Waals surface area contributed by atoms with Crippen LogP contribution in [0.4, 0.5) is 18.9 Å². The predicted molar refractivity (Wildman–Crippen MR) is 125 cm³/mol. The Morgan fingerprint density at radius 2 is 1.91 bits per heavy atom. The number of morpholine rings is 1. The summed E-state index contributed by atoms with van der Waals surface area (Å²) in [5.41, 5.74) is 4.74. The van der Waals surface area contributed by atoms with Crippen LogP contribution in [-0.4, -0.2) is 63.9 Å². The van der Waals surface area contributed by atoms with Gasteiger partial charge in [-0.2, -0.15) is 18.3 Å². The summed E-state index contributed by atoms with van der Waals surface area (Å²) in [5, 5.41) is 4.77. The van der Waals surface area contributed by atoms with E-state index in [2.05, 4.69) is 14.9 Å². The molecule has 5 rings (SSSR count). The van der Waals surface area contributed by atoms with Gasteiger partial charge in [-0.05, 0) is 19.1 Å². The number of anilines is 1. The van der Waals surface area contributed by atoms with E-state index in [4.69, 9.17) is 14.6 Å². The van der Waals surface area contributed by atoms with Crippen molar-refractivity contribution in [2.45, 2.75) is 26.3 Å². The Bertz CT molecular complexity index is 1340. The van der Waals surface area contributed by atoms with Gasteiger partial charge in [0.15, 0.2) is 11.5 Å². The molecular formula is C24H25F3N6O2. The van der Waals surface area contributed by atoms with Crippen molar-refractivity contribution >= 4 is 16.9 Å². The molecular weight excluding hydrogens is 461 g/mol.